The van der Waals surface area contributed by atoms with Gasteiger partial charge in [0.2, 0.25) is 0 Å². The van der Waals surface area contributed by atoms with E-state index >= 15 is 0 Å². The zero-order valence-electron chi connectivity index (χ0n) is 13.1. The summed E-state index contributed by atoms with van der Waals surface area (Å²) >= 11 is 0. The number of halogens is 3. The van der Waals surface area contributed by atoms with E-state index in [1.807, 2.05) is 18.2 Å². The number of hydrogen-bond donors (Lipinski definition) is 0. The normalized spacial score (nSPS) is 14.6. The Balaban J connectivity index is 1.71. The lowest BCUT2D eigenvalue weighted by Crippen LogP contribution is -2.35. The summed E-state index contributed by atoms with van der Waals surface area (Å²) in [5.74, 6) is -0.147. The van der Waals surface area contributed by atoms with Crippen molar-refractivity contribution in [3.63, 3.8) is 0 Å². The van der Waals surface area contributed by atoms with Gasteiger partial charge in [-0.2, -0.15) is 13.2 Å². The Hall–Kier alpha value is -2.76. The molecule has 0 atom stereocenters. The first-order chi connectivity index (χ1) is 11.9. The predicted octanol–water partition coefficient (Wildman–Crippen LogP) is 5.04. The molecule has 0 spiro atoms. The average Bonchev–Trinajstić information content (AvgIpc) is 3.03. The van der Waals surface area contributed by atoms with Crippen molar-refractivity contribution in [2.24, 2.45) is 0 Å². The second-order valence-corrected chi connectivity index (χ2v) is 6.05. The van der Waals surface area contributed by atoms with E-state index in [2.05, 4.69) is 0 Å². The molecule has 0 aliphatic carbocycles. The molecule has 1 aromatic heterocycles. The smallest absolute Gasteiger partial charge is 0.416 e. The van der Waals surface area contributed by atoms with Crippen molar-refractivity contribution in [1.82, 2.24) is 0 Å². The van der Waals surface area contributed by atoms with Gasteiger partial charge in [0.05, 0.1) is 5.56 Å². The Kier molecular flexibility index (Phi) is 3.56. The maximum Gasteiger partial charge on any atom is 0.416 e. The van der Waals surface area contributed by atoms with Crippen LogP contribution in [0.5, 0.6) is 0 Å². The Morgan fingerprint density at radius 2 is 1.88 bits per heavy atom. The number of carbonyl (C=O) groups is 1. The fraction of sp³-hybridized carbons (Fsp3) is 0.211. The number of anilines is 1. The van der Waals surface area contributed by atoms with Gasteiger partial charge < -0.3 is 9.32 Å². The van der Waals surface area contributed by atoms with Crippen LogP contribution in [0.15, 0.2) is 52.9 Å². The summed E-state index contributed by atoms with van der Waals surface area (Å²) in [7, 11) is 0. The maximum absolute atomic E-state index is 12.9. The van der Waals surface area contributed by atoms with Crippen LogP contribution < -0.4 is 4.90 Å². The summed E-state index contributed by atoms with van der Waals surface area (Å²) in [6, 6.07) is 12.5. The number of carbonyl (C=O) groups excluding carboxylic acids is 1. The molecule has 0 fully saturated rings. The van der Waals surface area contributed by atoms with Crippen molar-refractivity contribution < 1.29 is 22.4 Å². The summed E-state index contributed by atoms with van der Waals surface area (Å²) in [6.45, 7) is 0.453. The van der Waals surface area contributed by atoms with Gasteiger partial charge in [-0.05, 0) is 48.7 Å². The van der Waals surface area contributed by atoms with Crippen LogP contribution in [0.25, 0.3) is 11.0 Å². The van der Waals surface area contributed by atoms with Gasteiger partial charge in [-0.1, -0.05) is 18.2 Å². The van der Waals surface area contributed by atoms with E-state index in [4.69, 9.17) is 4.42 Å². The van der Waals surface area contributed by atoms with Gasteiger partial charge in [-0.3, -0.25) is 4.79 Å². The third-order valence-electron chi connectivity index (χ3n) is 4.41. The van der Waals surface area contributed by atoms with E-state index in [-0.39, 0.29) is 11.7 Å². The fourth-order valence-electron chi connectivity index (χ4n) is 3.20. The third-order valence-corrected chi connectivity index (χ3v) is 4.41. The second-order valence-electron chi connectivity index (χ2n) is 6.05. The zero-order chi connectivity index (χ0) is 17.6. The zero-order valence-corrected chi connectivity index (χ0v) is 13.1. The molecule has 128 valence electrons. The first kappa shape index (κ1) is 15.7. The molecule has 6 heteroatoms. The van der Waals surface area contributed by atoms with E-state index in [1.165, 1.54) is 11.0 Å². The molecule has 4 rings (SSSR count). The third kappa shape index (κ3) is 2.77. The Bertz CT molecular complexity index is 926. The molecule has 3 aromatic rings. The summed E-state index contributed by atoms with van der Waals surface area (Å²) in [6.07, 6.45) is -3.26. The molecule has 1 aliphatic heterocycles. The van der Waals surface area contributed by atoms with Crippen LogP contribution in [0, 0.1) is 0 Å². The van der Waals surface area contributed by atoms with Crippen LogP contribution in [0.4, 0.5) is 18.9 Å². The number of amides is 1. The van der Waals surface area contributed by atoms with E-state index in [0.717, 1.165) is 17.5 Å². The highest BCUT2D eigenvalue weighted by atomic mass is 19.4. The second kappa shape index (κ2) is 5.65. The number of furan rings is 1. The van der Waals surface area contributed by atoms with Gasteiger partial charge in [0.1, 0.15) is 5.58 Å². The molecule has 0 N–H and O–H groups in total. The standard InChI is InChI=1S/C19H14F3NO2/c20-19(21,22)14-7-8-15-12(10-14)5-3-9-23(15)18(24)17-11-13-4-1-2-6-16(13)25-17/h1-2,4,6-8,10-11H,3,5,9H2. The molecule has 0 saturated heterocycles. The molecule has 2 aromatic carbocycles. The summed E-state index contributed by atoms with van der Waals surface area (Å²) in [5, 5.41) is 0.815. The highest BCUT2D eigenvalue weighted by Gasteiger charge is 2.33. The van der Waals surface area contributed by atoms with Crippen LogP contribution >= 0.6 is 0 Å². The van der Waals surface area contributed by atoms with E-state index in [0.29, 0.717) is 36.2 Å². The number of hydrogen-bond acceptors (Lipinski definition) is 2. The van der Waals surface area contributed by atoms with Gasteiger partial charge in [-0.15, -0.1) is 0 Å². The van der Waals surface area contributed by atoms with Gasteiger partial charge in [0, 0.05) is 17.6 Å². The van der Waals surface area contributed by atoms with Crippen LogP contribution in [-0.2, 0) is 12.6 Å². The number of benzene rings is 2. The van der Waals surface area contributed by atoms with Crippen LogP contribution in [0.2, 0.25) is 0 Å². The SMILES string of the molecule is O=C(c1cc2ccccc2o1)N1CCCc2cc(C(F)(F)F)ccc21. The molecule has 0 radical (unpaired) electrons. The molecule has 25 heavy (non-hydrogen) atoms. The summed E-state index contributed by atoms with van der Waals surface area (Å²) in [5.41, 5.74) is 0.968. The summed E-state index contributed by atoms with van der Waals surface area (Å²) in [4.78, 5) is 14.3. The molecule has 0 bridgehead atoms. The van der Waals surface area contributed by atoms with E-state index in [9.17, 15) is 18.0 Å². The first-order valence-electron chi connectivity index (χ1n) is 7.94. The first-order valence-corrected chi connectivity index (χ1v) is 7.94. The van der Waals surface area contributed by atoms with Crippen molar-refractivity contribution >= 4 is 22.6 Å². The lowest BCUT2D eigenvalue weighted by atomic mass is 9.98. The number of para-hydroxylation sites is 1. The predicted molar refractivity (Wildman–Crippen MR) is 87.7 cm³/mol. The molecule has 1 amide bonds. The largest absolute Gasteiger partial charge is 0.451 e. The van der Waals surface area contributed by atoms with Crippen molar-refractivity contribution in [1.29, 1.82) is 0 Å². The lowest BCUT2D eigenvalue weighted by molar-refractivity contribution is -0.137. The molecule has 0 unspecified atom stereocenters. The fourth-order valence-corrected chi connectivity index (χ4v) is 3.20. The topological polar surface area (TPSA) is 33.5 Å². The van der Waals surface area contributed by atoms with Crippen molar-refractivity contribution in [2.45, 2.75) is 19.0 Å². The highest BCUT2D eigenvalue weighted by molar-refractivity contribution is 6.06. The van der Waals surface area contributed by atoms with Crippen molar-refractivity contribution in [3.05, 3.63) is 65.4 Å². The highest BCUT2D eigenvalue weighted by Crippen LogP contribution is 2.36. The number of alkyl halides is 3. The molecule has 3 nitrogen and oxygen atoms in total. The molecule has 2 heterocycles. The average molecular weight is 345 g/mol. The Labute approximate surface area is 141 Å². The quantitative estimate of drug-likeness (QED) is 0.619. The van der Waals surface area contributed by atoms with Gasteiger partial charge >= 0.3 is 6.18 Å². The van der Waals surface area contributed by atoms with E-state index in [1.54, 1.807) is 12.1 Å². The van der Waals surface area contributed by atoms with Crippen molar-refractivity contribution in [2.75, 3.05) is 11.4 Å². The lowest BCUT2D eigenvalue weighted by Gasteiger charge is -2.29. The number of aryl methyl sites for hydroxylation is 1. The van der Waals surface area contributed by atoms with Crippen molar-refractivity contribution in [3.8, 4) is 0 Å². The van der Waals surface area contributed by atoms with E-state index < -0.39 is 11.7 Å². The van der Waals surface area contributed by atoms with Gasteiger partial charge in [-0.25, -0.2) is 0 Å². The minimum Gasteiger partial charge on any atom is -0.451 e. The van der Waals surface area contributed by atoms with Gasteiger partial charge in [0.15, 0.2) is 5.76 Å². The van der Waals surface area contributed by atoms with Crippen LogP contribution in [0.1, 0.15) is 28.1 Å². The van der Waals surface area contributed by atoms with Crippen LogP contribution in [-0.4, -0.2) is 12.5 Å². The Morgan fingerprint density at radius 3 is 2.64 bits per heavy atom. The van der Waals surface area contributed by atoms with Crippen LogP contribution in [0.3, 0.4) is 0 Å². The summed E-state index contributed by atoms with van der Waals surface area (Å²) < 4.78 is 44.3. The molecule has 0 saturated carbocycles. The maximum atomic E-state index is 12.9. The number of nitrogens with zero attached hydrogens (tertiary/aromatic N) is 1. The molecular weight excluding hydrogens is 331 g/mol. The molecule has 1 aliphatic rings. The van der Waals surface area contributed by atoms with Gasteiger partial charge in [0.25, 0.3) is 5.91 Å². The number of rotatable bonds is 1. The minimum atomic E-state index is -4.39. The number of fused-ring (bicyclic) bond motifs is 2. The minimum absolute atomic E-state index is 0.189. The monoisotopic (exact) mass is 345 g/mol. The Morgan fingerprint density at radius 1 is 1.08 bits per heavy atom. The molecular formula is C19H14F3NO2.